The monoisotopic (exact) mass is 341 g/mol. The highest BCUT2D eigenvalue weighted by atomic mass is 19.1. The van der Waals surface area contributed by atoms with Gasteiger partial charge in [0.1, 0.15) is 5.82 Å². The Labute approximate surface area is 146 Å². The van der Waals surface area contributed by atoms with Crippen LogP contribution in [0.15, 0.2) is 24.4 Å². The van der Waals surface area contributed by atoms with Crippen molar-refractivity contribution < 1.29 is 9.13 Å². The van der Waals surface area contributed by atoms with Gasteiger partial charge in [0.15, 0.2) is 11.6 Å². The predicted octanol–water partition coefficient (Wildman–Crippen LogP) is 2.50. The van der Waals surface area contributed by atoms with E-state index in [0.717, 1.165) is 18.4 Å². The maximum Gasteiger partial charge on any atom is 0.229 e. The summed E-state index contributed by atoms with van der Waals surface area (Å²) in [5, 5.41) is 5.98. The second-order valence-corrected chi connectivity index (χ2v) is 5.88. The Hall–Kier alpha value is -2.85. The second kappa shape index (κ2) is 7.36. The molecule has 0 atom stereocenters. The molecule has 130 valence electrons. The molecule has 1 aliphatic rings. The summed E-state index contributed by atoms with van der Waals surface area (Å²) in [6.45, 7) is 0. The molecule has 0 amide bonds. The zero-order valence-electron chi connectivity index (χ0n) is 14.1. The Morgan fingerprint density at radius 3 is 2.80 bits per heavy atom. The molecule has 6 nitrogen and oxygen atoms in total. The van der Waals surface area contributed by atoms with Crippen LogP contribution in [0.3, 0.4) is 0 Å². The first-order chi connectivity index (χ1) is 12.1. The van der Waals surface area contributed by atoms with Crippen molar-refractivity contribution in [3.05, 3.63) is 35.8 Å². The minimum atomic E-state index is -0.456. The van der Waals surface area contributed by atoms with Crippen LogP contribution >= 0.6 is 0 Å². The molecule has 1 saturated carbocycles. The highest BCUT2D eigenvalue weighted by Crippen LogP contribution is 2.25. The first-order valence-corrected chi connectivity index (χ1v) is 8.01. The van der Waals surface area contributed by atoms with Crippen molar-refractivity contribution in [1.82, 2.24) is 9.97 Å². The van der Waals surface area contributed by atoms with E-state index in [9.17, 15) is 4.39 Å². The van der Waals surface area contributed by atoms with E-state index in [1.54, 1.807) is 25.4 Å². The number of nitrogens with one attached hydrogen (secondary N) is 2. The quantitative estimate of drug-likeness (QED) is 0.741. The summed E-state index contributed by atoms with van der Waals surface area (Å²) in [5.74, 6) is 7.34. The van der Waals surface area contributed by atoms with Gasteiger partial charge in [-0.3, -0.25) is 0 Å². The van der Waals surface area contributed by atoms with Crippen LogP contribution in [-0.2, 0) is 0 Å². The van der Waals surface area contributed by atoms with Crippen LogP contribution in [0.4, 0.5) is 21.8 Å². The summed E-state index contributed by atoms with van der Waals surface area (Å²) in [6, 6.07) is 4.84. The Balaban J connectivity index is 1.76. The van der Waals surface area contributed by atoms with Gasteiger partial charge in [0.2, 0.25) is 5.95 Å². The average molecular weight is 341 g/mol. The van der Waals surface area contributed by atoms with E-state index < -0.39 is 5.82 Å². The average Bonchev–Trinajstić information content (AvgIpc) is 2.58. The van der Waals surface area contributed by atoms with Gasteiger partial charge >= 0.3 is 0 Å². The van der Waals surface area contributed by atoms with Gasteiger partial charge in [0.05, 0.1) is 18.9 Å². The molecule has 0 saturated heterocycles. The molecule has 0 spiro atoms. The predicted molar refractivity (Wildman–Crippen MR) is 95.4 cm³/mol. The van der Waals surface area contributed by atoms with E-state index in [1.807, 2.05) is 0 Å². The van der Waals surface area contributed by atoms with Crippen LogP contribution in [0.5, 0.6) is 5.75 Å². The highest BCUT2D eigenvalue weighted by molar-refractivity contribution is 5.60. The standard InChI is InChI=1S/C18H20FN5O/c1-21-17-12(4-3-11-7-13(20)8-11)10-22-18(24-17)23-14-5-6-16(25-2)15(19)9-14/h5-6,9-11,13H,7-8,20H2,1-2H3,(H2,21,22,23,24). The van der Waals surface area contributed by atoms with Crippen molar-refractivity contribution in [2.75, 3.05) is 24.8 Å². The van der Waals surface area contributed by atoms with Gasteiger partial charge in [-0.05, 0) is 25.0 Å². The van der Waals surface area contributed by atoms with E-state index in [4.69, 9.17) is 10.5 Å². The van der Waals surface area contributed by atoms with E-state index in [2.05, 4.69) is 32.4 Å². The van der Waals surface area contributed by atoms with Crippen LogP contribution in [0, 0.1) is 23.6 Å². The third-order valence-electron chi connectivity index (χ3n) is 4.02. The van der Waals surface area contributed by atoms with Gasteiger partial charge in [-0.25, -0.2) is 9.37 Å². The van der Waals surface area contributed by atoms with Gasteiger partial charge in [0.25, 0.3) is 0 Å². The largest absolute Gasteiger partial charge is 0.494 e. The Bertz CT molecular complexity index is 824. The summed E-state index contributed by atoms with van der Waals surface area (Å²) >= 11 is 0. The zero-order chi connectivity index (χ0) is 17.8. The van der Waals surface area contributed by atoms with E-state index in [1.165, 1.54) is 13.2 Å². The fourth-order valence-corrected chi connectivity index (χ4v) is 2.56. The van der Waals surface area contributed by atoms with Crippen LogP contribution in [0.1, 0.15) is 18.4 Å². The Morgan fingerprint density at radius 1 is 1.36 bits per heavy atom. The molecule has 1 aromatic heterocycles. The van der Waals surface area contributed by atoms with Crippen LogP contribution in [-0.4, -0.2) is 30.2 Å². The summed E-state index contributed by atoms with van der Waals surface area (Å²) in [6.07, 6.45) is 3.52. The number of nitrogens with two attached hydrogens (primary N) is 1. The van der Waals surface area contributed by atoms with Crippen molar-refractivity contribution in [1.29, 1.82) is 0 Å². The molecule has 0 unspecified atom stereocenters. The molecule has 4 N–H and O–H groups in total. The third-order valence-corrected chi connectivity index (χ3v) is 4.02. The normalized spacial score (nSPS) is 18.6. The minimum Gasteiger partial charge on any atom is -0.494 e. The van der Waals surface area contributed by atoms with E-state index in [0.29, 0.717) is 23.4 Å². The van der Waals surface area contributed by atoms with Crippen molar-refractivity contribution >= 4 is 17.5 Å². The first-order valence-electron chi connectivity index (χ1n) is 8.01. The van der Waals surface area contributed by atoms with Crippen LogP contribution < -0.4 is 21.1 Å². The molecule has 0 radical (unpaired) electrons. The molecule has 2 aromatic rings. The highest BCUT2D eigenvalue weighted by Gasteiger charge is 2.23. The molecule has 1 aliphatic carbocycles. The lowest BCUT2D eigenvalue weighted by atomic mass is 9.81. The molecule has 1 heterocycles. The first kappa shape index (κ1) is 17.0. The van der Waals surface area contributed by atoms with Crippen molar-refractivity contribution in [2.24, 2.45) is 11.7 Å². The number of anilines is 3. The number of hydrogen-bond donors (Lipinski definition) is 3. The van der Waals surface area contributed by atoms with Crippen molar-refractivity contribution in [2.45, 2.75) is 18.9 Å². The number of ether oxygens (including phenoxy) is 1. The number of benzene rings is 1. The number of nitrogens with zero attached hydrogens (tertiary/aromatic N) is 2. The molecule has 1 fully saturated rings. The number of hydrogen-bond acceptors (Lipinski definition) is 6. The lowest BCUT2D eigenvalue weighted by molar-refractivity contribution is 0.335. The Morgan fingerprint density at radius 2 is 2.16 bits per heavy atom. The SMILES string of the molecule is CNc1nc(Nc2ccc(OC)c(F)c2)ncc1C#CC1CC(N)C1. The number of halogens is 1. The summed E-state index contributed by atoms with van der Waals surface area (Å²) in [7, 11) is 3.19. The molecule has 7 heteroatoms. The van der Waals surface area contributed by atoms with Gasteiger partial charge in [-0.2, -0.15) is 4.98 Å². The maximum atomic E-state index is 13.8. The van der Waals surface area contributed by atoms with Gasteiger partial charge in [-0.15, -0.1) is 0 Å². The minimum absolute atomic E-state index is 0.184. The molecular weight excluding hydrogens is 321 g/mol. The lowest BCUT2D eigenvalue weighted by Gasteiger charge is -2.27. The summed E-state index contributed by atoms with van der Waals surface area (Å²) in [5.41, 5.74) is 7.02. The molecule has 0 bridgehead atoms. The Kier molecular flexibility index (Phi) is 5.00. The maximum absolute atomic E-state index is 13.8. The fraction of sp³-hybridized carbons (Fsp3) is 0.333. The van der Waals surface area contributed by atoms with Crippen LogP contribution in [0.25, 0.3) is 0 Å². The topological polar surface area (TPSA) is 85.1 Å². The number of aromatic nitrogens is 2. The second-order valence-electron chi connectivity index (χ2n) is 5.88. The molecular formula is C18H20FN5O. The molecule has 0 aliphatic heterocycles. The number of rotatable bonds is 4. The molecule has 25 heavy (non-hydrogen) atoms. The smallest absolute Gasteiger partial charge is 0.229 e. The van der Waals surface area contributed by atoms with Crippen molar-refractivity contribution in [3.63, 3.8) is 0 Å². The zero-order valence-corrected chi connectivity index (χ0v) is 14.1. The lowest BCUT2D eigenvalue weighted by Crippen LogP contribution is -2.35. The van der Waals surface area contributed by atoms with E-state index >= 15 is 0 Å². The number of methoxy groups -OCH3 is 1. The fourth-order valence-electron chi connectivity index (χ4n) is 2.56. The van der Waals surface area contributed by atoms with Gasteiger partial charge in [-0.1, -0.05) is 11.8 Å². The summed E-state index contributed by atoms with van der Waals surface area (Å²) in [4.78, 5) is 8.63. The van der Waals surface area contributed by atoms with Gasteiger partial charge < -0.3 is 21.1 Å². The van der Waals surface area contributed by atoms with Gasteiger partial charge in [0, 0.05) is 30.8 Å². The molecule has 1 aromatic carbocycles. The van der Waals surface area contributed by atoms with E-state index in [-0.39, 0.29) is 11.8 Å². The summed E-state index contributed by atoms with van der Waals surface area (Å²) < 4.78 is 18.7. The van der Waals surface area contributed by atoms with Crippen LogP contribution in [0.2, 0.25) is 0 Å². The third kappa shape index (κ3) is 3.98. The molecule has 3 rings (SSSR count). The van der Waals surface area contributed by atoms with Crippen molar-refractivity contribution in [3.8, 4) is 17.6 Å².